The highest BCUT2D eigenvalue weighted by Crippen LogP contribution is 2.31. The number of aryl methyl sites for hydroxylation is 2. The van der Waals surface area contributed by atoms with Crippen LogP contribution in [0.2, 0.25) is 0 Å². The Morgan fingerprint density at radius 1 is 1.53 bits per heavy atom. The van der Waals surface area contributed by atoms with Crippen LogP contribution < -0.4 is 5.32 Å². The molecule has 1 aromatic heterocycles. The van der Waals surface area contributed by atoms with Crippen molar-refractivity contribution >= 4 is 0 Å². The van der Waals surface area contributed by atoms with E-state index in [1.54, 1.807) is 0 Å². The fourth-order valence-corrected chi connectivity index (χ4v) is 2.68. The molecular weight excluding hydrogens is 214 g/mol. The summed E-state index contributed by atoms with van der Waals surface area (Å²) < 4.78 is 2.03. The van der Waals surface area contributed by atoms with Gasteiger partial charge in [-0.25, -0.2) is 4.98 Å². The largest absolute Gasteiger partial charge is 0.390 e. The van der Waals surface area contributed by atoms with Gasteiger partial charge in [0.25, 0.3) is 0 Å². The van der Waals surface area contributed by atoms with E-state index in [1.165, 1.54) is 0 Å². The van der Waals surface area contributed by atoms with Crippen molar-refractivity contribution in [1.29, 1.82) is 0 Å². The molecule has 1 aliphatic carbocycles. The van der Waals surface area contributed by atoms with Gasteiger partial charge in [0, 0.05) is 31.9 Å². The van der Waals surface area contributed by atoms with E-state index in [0.717, 1.165) is 44.3 Å². The summed E-state index contributed by atoms with van der Waals surface area (Å²) in [6.45, 7) is 0. The van der Waals surface area contributed by atoms with Crippen molar-refractivity contribution in [3.63, 3.8) is 0 Å². The molecule has 2 rings (SSSR count). The third-order valence-electron chi connectivity index (χ3n) is 4.06. The molecule has 0 unspecified atom stereocenters. The van der Waals surface area contributed by atoms with E-state index in [4.69, 9.17) is 0 Å². The van der Waals surface area contributed by atoms with Crippen LogP contribution in [0.25, 0.3) is 0 Å². The van der Waals surface area contributed by atoms with E-state index in [1.807, 2.05) is 31.1 Å². The van der Waals surface area contributed by atoms with Crippen LogP contribution in [0.3, 0.4) is 0 Å². The maximum absolute atomic E-state index is 10.5. The molecule has 0 aliphatic heterocycles. The number of nitrogens with one attached hydrogen (secondary N) is 1. The lowest BCUT2D eigenvalue weighted by Gasteiger charge is -2.36. The standard InChI is InChI=1S/C13H23N3O/c1-14-11-3-6-13(17,7-4-11)8-5-12-15-9-10-16(12)2/h9-11,14,17H,3-8H2,1-2H3. The Labute approximate surface area is 103 Å². The van der Waals surface area contributed by atoms with Crippen molar-refractivity contribution < 1.29 is 5.11 Å². The predicted octanol–water partition coefficient (Wildman–Crippen LogP) is 1.25. The van der Waals surface area contributed by atoms with Gasteiger partial charge in [-0.05, 0) is 39.2 Å². The highest BCUT2D eigenvalue weighted by molar-refractivity contribution is 4.95. The second kappa shape index (κ2) is 5.19. The van der Waals surface area contributed by atoms with Gasteiger partial charge >= 0.3 is 0 Å². The van der Waals surface area contributed by atoms with Gasteiger partial charge in [0.1, 0.15) is 5.82 Å². The molecule has 0 bridgehead atoms. The molecule has 4 nitrogen and oxygen atoms in total. The van der Waals surface area contributed by atoms with Gasteiger partial charge in [0.2, 0.25) is 0 Å². The minimum absolute atomic E-state index is 0.473. The molecule has 96 valence electrons. The monoisotopic (exact) mass is 237 g/mol. The summed E-state index contributed by atoms with van der Waals surface area (Å²) in [6.07, 6.45) is 9.43. The van der Waals surface area contributed by atoms with Crippen molar-refractivity contribution in [3.8, 4) is 0 Å². The van der Waals surface area contributed by atoms with E-state index in [9.17, 15) is 5.11 Å². The van der Waals surface area contributed by atoms with Gasteiger partial charge in [-0.1, -0.05) is 0 Å². The molecule has 0 amide bonds. The van der Waals surface area contributed by atoms with Crippen LogP contribution in [0.15, 0.2) is 12.4 Å². The summed E-state index contributed by atoms with van der Waals surface area (Å²) in [5, 5.41) is 13.8. The molecule has 1 aliphatic rings. The number of rotatable bonds is 4. The third kappa shape index (κ3) is 3.07. The SMILES string of the molecule is CNC1CCC(O)(CCc2nccn2C)CC1. The lowest BCUT2D eigenvalue weighted by molar-refractivity contribution is -0.0105. The summed E-state index contributed by atoms with van der Waals surface area (Å²) in [5.74, 6) is 1.06. The Bertz CT molecular complexity index is 353. The lowest BCUT2D eigenvalue weighted by Crippen LogP contribution is -2.40. The number of nitrogens with zero attached hydrogens (tertiary/aromatic N) is 2. The molecule has 1 fully saturated rings. The number of imidazole rings is 1. The van der Waals surface area contributed by atoms with Crippen LogP contribution in [0.1, 0.15) is 37.9 Å². The highest BCUT2D eigenvalue weighted by Gasteiger charge is 2.32. The second-order valence-corrected chi connectivity index (χ2v) is 5.24. The van der Waals surface area contributed by atoms with E-state index >= 15 is 0 Å². The van der Waals surface area contributed by atoms with Crippen molar-refractivity contribution in [3.05, 3.63) is 18.2 Å². The van der Waals surface area contributed by atoms with E-state index < -0.39 is 5.60 Å². The van der Waals surface area contributed by atoms with Gasteiger partial charge in [0.05, 0.1) is 5.60 Å². The lowest BCUT2D eigenvalue weighted by atomic mass is 9.79. The van der Waals surface area contributed by atoms with Gasteiger partial charge in [-0.3, -0.25) is 0 Å². The zero-order valence-corrected chi connectivity index (χ0v) is 10.8. The molecule has 1 saturated carbocycles. The van der Waals surface area contributed by atoms with Crippen LogP contribution >= 0.6 is 0 Å². The number of aliphatic hydroxyl groups is 1. The fraction of sp³-hybridized carbons (Fsp3) is 0.769. The minimum atomic E-state index is -0.473. The summed E-state index contributed by atoms with van der Waals surface area (Å²) in [7, 11) is 4.01. The van der Waals surface area contributed by atoms with Crippen LogP contribution in [-0.4, -0.2) is 33.3 Å². The molecule has 1 aromatic rings. The molecule has 0 atom stereocenters. The van der Waals surface area contributed by atoms with E-state index in [-0.39, 0.29) is 0 Å². The molecule has 17 heavy (non-hydrogen) atoms. The number of aromatic nitrogens is 2. The van der Waals surface area contributed by atoms with Crippen LogP contribution in [0, 0.1) is 0 Å². The molecule has 1 heterocycles. The van der Waals surface area contributed by atoms with E-state index in [0.29, 0.717) is 6.04 Å². The minimum Gasteiger partial charge on any atom is -0.390 e. The topological polar surface area (TPSA) is 50.1 Å². The van der Waals surface area contributed by atoms with Crippen molar-refractivity contribution in [2.45, 2.75) is 50.2 Å². The van der Waals surface area contributed by atoms with Crippen molar-refractivity contribution in [2.24, 2.45) is 7.05 Å². The first kappa shape index (κ1) is 12.6. The molecule has 2 N–H and O–H groups in total. The molecule has 0 radical (unpaired) electrons. The molecule has 0 aromatic carbocycles. The Kier molecular flexibility index (Phi) is 3.84. The number of hydrogen-bond acceptors (Lipinski definition) is 3. The maximum atomic E-state index is 10.5. The van der Waals surface area contributed by atoms with Crippen molar-refractivity contribution in [2.75, 3.05) is 7.05 Å². The van der Waals surface area contributed by atoms with Crippen LogP contribution in [-0.2, 0) is 13.5 Å². The normalized spacial score (nSPS) is 29.5. The van der Waals surface area contributed by atoms with Crippen LogP contribution in [0.4, 0.5) is 0 Å². The summed E-state index contributed by atoms with van der Waals surface area (Å²) in [5.41, 5.74) is -0.473. The van der Waals surface area contributed by atoms with Gasteiger partial charge in [0.15, 0.2) is 0 Å². The zero-order valence-electron chi connectivity index (χ0n) is 10.8. The summed E-state index contributed by atoms with van der Waals surface area (Å²) in [4.78, 5) is 4.30. The Balaban J connectivity index is 1.85. The Hall–Kier alpha value is -0.870. The Morgan fingerprint density at radius 2 is 2.24 bits per heavy atom. The predicted molar refractivity (Wildman–Crippen MR) is 67.8 cm³/mol. The molecule has 4 heteroatoms. The molecule has 0 saturated heterocycles. The van der Waals surface area contributed by atoms with E-state index in [2.05, 4.69) is 10.3 Å². The van der Waals surface area contributed by atoms with Gasteiger partial charge < -0.3 is 15.0 Å². The summed E-state index contributed by atoms with van der Waals surface area (Å²) in [6, 6.07) is 0.587. The molecular formula is C13H23N3O. The van der Waals surface area contributed by atoms with Gasteiger partial charge in [-0.15, -0.1) is 0 Å². The average Bonchev–Trinajstić information content (AvgIpc) is 2.74. The highest BCUT2D eigenvalue weighted by atomic mass is 16.3. The van der Waals surface area contributed by atoms with Crippen LogP contribution in [0.5, 0.6) is 0 Å². The summed E-state index contributed by atoms with van der Waals surface area (Å²) >= 11 is 0. The first-order valence-electron chi connectivity index (χ1n) is 6.49. The maximum Gasteiger partial charge on any atom is 0.108 e. The fourth-order valence-electron chi connectivity index (χ4n) is 2.68. The third-order valence-corrected chi connectivity index (χ3v) is 4.06. The van der Waals surface area contributed by atoms with Gasteiger partial charge in [-0.2, -0.15) is 0 Å². The van der Waals surface area contributed by atoms with Crippen molar-refractivity contribution in [1.82, 2.24) is 14.9 Å². The smallest absolute Gasteiger partial charge is 0.108 e. The second-order valence-electron chi connectivity index (χ2n) is 5.24. The Morgan fingerprint density at radius 3 is 2.76 bits per heavy atom. The average molecular weight is 237 g/mol. The zero-order chi connectivity index (χ0) is 12.3. The molecule has 0 spiro atoms. The quantitative estimate of drug-likeness (QED) is 0.828. The number of hydrogen-bond donors (Lipinski definition) is 2. The first-order chi connectivity index (χ1) is 8.13. The first-order valence-corrected chi connectivity index (χ1v) is 6.49.